The molecule has 0 radical (unpaired) electrons. The summed E-state index contributed by atoms with van der Waals surface area (Å²) in [6.45, 7) is 4.13. The van der Waals surface area contributed by atoms with Crippen LogP contribution in [0.3, 0.4) is 0 Å². The fourth-order valence-electron chi connectivity index (χ4n) is 0.940. The maximum Gasteiger partial charge on any atom is 0 e. The Morgan fingerprint density at radius 1 is 0.667 bits per heavy atom. The molecule has 0 aliphatic heterocycles. The van der Waals surface area contributed by atoms with Crippen LogP contribution in [0.2, 0.25) is 0 Å². The summed E-state index contributed by atoms with van der Waals surface area (Å²) in [5, 5.41) is 0. The molecule has 0 aliphatic carbocycles. The zero-order valence-electron chi connectivity index (χ0n) is 9.12. The third kappa shape index (κ3) is 7.26. The topological polar surface area (TPSA) is 0 Å². The predicted molar refractivity (Wildman–Crippen MR) is 60.0 cm³/mol. The van der Waals surface area contributed by atoms with E-state index in [1.807, 2.05) is 48.5 Å². The summed E-state index contributed by atoms with van der Waals surface area (Å²) < 4.78 is 0. The van der Waals surface area contributed by atoms with E-state index in [1.54, 1.807) is 0 Å². The van der Waals surface area contributed by atoms with Gasteiger partial charge in [-0.2, -0.15) is 71.8 Å². The molecule has 0 spiro atoms. The molecule has 0 heterocycles. The first-order valence-corrected chi connectivity index (χ1v) is 4.64. The van der Waals surface area contributed by atoms with Gasteiger partial charge in [0.15, 0.2) is 0 Å². The van der Waals surface area contributed by atoms with Crippen molar-refractivity contribution in [3.8, 4) is 0 Å². The van der Waals surface area contributed by atoms with E-state index in [0.29, 0.717) is 0 Å². The number of benzene rings is 2. The number of hydrogen-bond donors (Lipinski definition) is 0. The predicted octanol–water partition coefficient (Wildman–Crippen LogP) is 3.59. The van der Waals surface area contributed by atoms with Gasteiger partial charge in [-0.15, -0.1) is 0 Å². The molecule has 0 unspecified atom stereocenters. The molecule has 1 heteroatoms. The van der Waals surface area contributed by atoms with Gasteiger partial charge in [-0.1, -0.05) is 13.8 Å². The van der Waals surface area contributed by atoms with Gasteiger partial charge in [0.25, 0.3) is 0 Å². The second-order valence-electron chi connectivity index (χ2n) is 3.15. The van der Waals surface area contributed by atoms with Crippen molar-refractivity contribution >= 4 is 0 Å². The molecular weight excluding hydrogens is 347 g/mol. The molecule has 0 saturated carbocycles. The van der Waals surface area contributed by atoms with E-state index < -0.39 is 0 Å². The van der Waals surface area contributed by atoms with E-state index in [9.17, 15) is 0 Å². The van der Waals surface area contributed by atoms with Crippen LogP contribution in [0.5, 0.6) is 0 Å². The van der Waals surface area contributed by atoms with Crippen LogP contribution < -0.4 is 0 Å². The molecule has 0 amide bonds. The van der Waals surface area contributed by atoms with Crippen molar-refractivity contribution in [2.75, 3.05) is 0 Å². The van der Waals surface area contributed by atoms with Gasteiger partial charge in [0.05, 0.1) is 0 Å². The number of aryl methyl sites for hydroxylation is 2. The average Bonchev–Trinajstić information content (AvgIpc) is 2.21. The summed E-state index contributed by atoms with van der Waals surface area (Å²) in [7, 11) is 0. The smallest absolute Gasteiger partial charge is 0 e. The molecule has 0 aromatic heterocycles. The van der Waals surface area contributed by atoms with E-state index in [0.717, 1.165) is 0 Å². The minimum absolute atomic E-state index is 0. The van der Waals surface area contributed by atoms with Crippen LogP contribution in [-0.2, 0) is 25.8 Å². The second kappa shape index (κ2) is 8.60. The zero-order valence-corrected chi connectivity index (χ0v) is 12.7. The van der Waals surface area contributed by atoms with E-state index in [2.05, 4.69) is 26.0 Å². The van der Waals surface area contributed by atoms with Crippen molar-refractivity contribution < 1.29 is 25.8 Å². The summed E-state index contributed by atoms with van der Waals surface area (Å²) >= 11 is 0. The van der Waals surface area contributed by atoms with Crippen molar-refractivity contribution in [2.24, 2.45) is 0 Å². The second-order valence-corrected chi connectivity index (χ2v) is 3.15. The summed E-state index contributed by atoms with van der Waals surface area (Å²) in [5.74, 6) is 0. The molecule has 0 aliphatic rings. The first-order chi connectivity index (χ1) is 6.79. The summed E-state index contributed by atoms with van der Waals surface area (Å²) in [6, 6.07) is 21.6. The first kappa shape index (κ1) is 14.3. The molecular formula is C14H14Hf-2. The molecule has 2 aromatic carbocycles. The summed E-state index contributed by atoms with van der Waals surface area (Å²) in [5.41, 5.74) is 2.58. The fraction of sp³-hybridized carbons (Fsp3) is 0.143. The van der Waals surface area contributed by atoms with Crippen LogP contribution in [0.25, 0.3) is 0 Å². The van der Waals surface area contributed by atoms with Crippen LogP contribution in [0, 0.1) is 26.0 Å². The molecule has 0 bridgehead atoms. The third-order valence-corrected chi connectivity index (χ3v) is 1.77. The van der Waals surface area contributed by atoms with Gasteiger partial charge in [0.2, 0.25) is 0 Å². The zero-order chi connectivity index (χ0) is 10.2. The third-order valence-electron chi connectivity index (χ3n) is 1.77. The standard InChI is InChI=1S/2C7H7.Hf/c2*1-7-5-3-2-4-6-7;/h2*3-6H,1H3;/q2*-1;. The normalized spacial score (nSPS) is 8.13. The van der Waals surface area contributed by atoms with E-state index in [4.69, 9.17) is 0 Å². The fourth-order valence-corrected chi connectivity index (χ4v) is 0.940. The minimum atomic E-state index is 0. The summed E-state index contributed by atoms with van der Waals surface area (Å²) in [4.78, 5) is 0. The maximum atomic E-state index is 2.93. The van der Waals surface area contributed by atoms with Crippen LogP contribution in [0.1, 0.15) is 11.1 Å². The molecule has 0 N–H and O–H groups in total. The molecule has 0 saturated heterocycles. The Labute approximate surface area is 111 Å². The van der Waals surface area contributed by atoms with Crippen molar-refractivity contribution in [1.82, 2.24) is 0 Å². The molecule has 0 nitrogen and oxygen atoms in total. The largest absolute Gasteiger partial charge is 0.184 e. The first-order valence-electron chi connectivity index (χ1n) is 4.64. The van der Waals surface area contributed by atoms with Crippen molar-refractivity contribution in [3.63, 3.8) is 0 Å². The van der Waals surface area contributed by atoms with Gasteiger partial charge in [0, 0.05) is 25.8 Å². The van der Waals surface area contributed by atoms with Crippen LogP contribution in [-0.4, -0.2) is 0 Å². The van der Waals surface area contributed by atoms with E-state index in [-0.39, 0.29) is 25.8 Å². The van der Waals surface area contributed by atoms with Gasteiger partial charge >= 0.3 is 0 Å². The Bertz CT molecular complexity index is 303. The Kier molecular flexibility index (Phi) is 8.21. The van der Waals surface area contributed by atoms with Crippen LogP contribution >= 0.6 is 0 Å². The Morgan fingerprint density at radius 2 is 0.933 bits per heavy atom. The van der Waals surface area contributed by atoms with Gasteiger partial charge in [0.1, 0.15) is 0 Å². The van der Waals surface area contributed by atoms with Gasteiger partial charge in [-0.25, -0.2) is 0 Å². The van der Waals surface area contributed by atoms with Crippen LogP contribution in [0.4, 0.5) is 0 Å². The Balaban J connectivity index is 0.000000245. The number of hydrogen-bond acceptors (Lipinski definition) is 0. The summed E-state index contributed by atoms with van der Waals surface area (Å²) in [6.07, 6.45) is 0. The van der Waals surface area contributed by atoms with Gasteiger partial charge < -0.3 is 0 Å². The quantitative estimate of drug-likeness (QED) is 0.497. The molecule has 15 heavy (non-hydrogen) atoms. The van der Waals surface area contributed by atoms with Gasteiger partial charge in [-0.3, -0.25) is 0 Å². The minimum Gasteiger partial charge on any atom is -0.184 e. The molecule has 2 rings (SSSR count). The molecule has 0 atom stereocenters. The Morgan fingerprint density at radius 3 is 1.07 bits per heavy atom. The molecule has 76 valence electrons. The average molecular weight is 361 g/mol. The monoisotopic (exact) mass is 362 g/mol. The molecule has 0 fully saturated rings. The SMILES string of the molecule is Cc1cc[c-]cc1.Cc1cc[c-]cc1.[Hf]. The van der Waals surface area contributed by atoms with Crippen molar-refractivity contribution in [1.29, 1.82) is 0 Å². The van der Waals surface area contributed by atoms with Crippen molar-refractivity contribution in [2.45, 2.75) is 13.8 Å². The molecule has 2 aromatic rings. The van der Waals surface area contributed by atoms with E-state index in [1.165, 1.54) is 11.1 Å². The Hall–Kier alpha value is -0.690. The van der Waals surface area contributed by atoms with Crippen LogP contribution in [0.15, 0.2) is 48.5 Å². The van der Waals surface area contributed by atoms with Gasteiger partial charge in [-0.05, 0) is 0 Å². The van der Waals surface area contributed by atoms with E-state index >= 15 is 0 Å². The maximum absolute atomic E-state index is 2.93. The number of rotatable bonds is 0. The van der Waals surface area contributed by atoms with Crippen molar-refractivity contribution in [3.05, 3.63) is 71.8 Å².